The zero-order valence-electron chi connectivity index (χ0n) is 9.98. The van der Waals surface area contributed by atoms with E-state index in [1.165, 1.54) is 18.2 Å². The van der Waals surface area contributed by atoms with Gasteiger partial charge in [0.2, 0.25) is 5.91 Å². The maximum absolute atomic E-state index is 13.5. The van der Waals surface area contributed by atoms with Crippen molar-refractivity contribution in [3.05, 3.63) is 47.8 Å². The fourth-order valence-corrected chi connectivity index (χ4v) is 1.82. The number of nitrogens with one attached hydrogen (secondary N) is 1. The number of carbonyl (C=O) groups excluding carboxylic acids is 3. The van der Waals surface area contributed by atoms with E-state index >= 15 is 0 Å². The first-order chi connectivity index (χ1) is 9.06. The van der Waals surface area contributed by atoms with Crippen LogP contribution in [0.25, 0.3) is 0 Å². The minimum Gasteiger partial charge on any atom is -0.351 e. The Morgan fingerprint density at radius 1 is 1.37 bits per heavy atom. The van der Waals surface area contributed by atoms with Gasteiger partial charge in [0.1, 0.15) is 12.4 Å². The fraction of sp³-hybridized carbons (Fsp3) is 0.154. The standard InChI is InChI=1S/C13H11FN2O3/c1-2-6-15-10(17)7-16-12(18)8-4-3-5-9(14)11(8)13(16)19/h2-5H,1,6-7H2,(H,15,17). The van der Waals surface area contributed by atoms with E-state index in [0.29, 0.717) is 0 Å². The van der Waals surface area contributed by atoms with Crippen LogP contribution in [-0.2, 0) is 4.79 Å². The molecule has 0 saturated heterocycles. The van der Waals surface area contributed by atoms with Gasteiger partial charge in [0.05, 0.1) is 11.1 Å². The molecule has 0 aliphatic carbocycles. The van der Waals surface area contributed by atoms with Crippen molar-refractivity contribution in [2.75, 3.05) is 13.1 Å². The number of hydrogen-bond donors (Lipinski definition) is 1. The smallest absolute Gasteiger partial charge is 0.265 e. The summed E-state index contributed by atoms with van der Waals surface area (Å²) in [5, 5.41) is 2.44. The van der Waals surface area contributed by atoms with Crippen molar-refractivity contribution < 1.29 is 18.8 Å². The van der Waals surface area contributed by atoms with Crippen LogP contribution in [-0.4, -0.2) is 35.7 Å². The van der Waals surface area contributed by atoms with Crippen molar-refractivity contribution in [3.8, 4) is 0 Å². The lowest BCUT2D eigenvalue weighted by Crippen LogP contribution is -2.40. The van der Waals surface area contributed by atoms with Crippen LogP contribution in [0.3, 0.4) is 0 Å². The van der Waals surface area contributed by atoms with Crippen molar-refractivity contribution in [1.82, 2.24) is 10.2 Å². The molecule has 0 unspecified atom stereocenters. The molecule has 1 aromatic rings. The van der Waals surface area contributed by atoms with Crippen molar-refractivity contribution in [1.29, 1.82) is 0 Å². The van der Waals surface area contributed by atoms with Gasteiger partial charge in [0.25, 0.3) is 11.8 Å². The number of fused-ring (bicyclic) bond motifs is 1. The lowest BCUT2D eigenvalue weighted by Gasteiger charge is -2.12. The lowest BCUT2D eigenvalue weighted by molar-refractivity contribution is -0.121. The molecule has 0 aromatic heterocycles. The summed E-state index contributed by atoms with van der Waals surface area (Å²) in [5.41, 5.74) is -0.287. The molecule has 1 aliphatic rings. The first-order valence-corrected chi connectivity index (χ1v) is 5.58. The summed E-state index contributed by atoms with van der Waals surface area (Å²) in [7, 11) is 0. The van der Waals surface area contributed by atoms with Crippen molar-refractivity contribution in [2.45, 2.75) is 0 Å². The Labute approximate surface area is 108 Å². The molecule has 19 heavy (non-hydrogen) atoms. The summed E-state index contributed by atoms with van der Waals surface area (Å²) in [6.07, 6.45) is 1.47. The van der Waals surface area contributed by atoms with E-state index in [0.717, 1.165) is 11.0 Å². The summed E-state index contributed by atoms with van der Waals surface area (Å²) < 4.78 is 13.5. The Kier molecular flexibility index (Phi) is 3.41. The molecule has 0 fully saturated rings. The Balaban J connectivity index is 2.21. The molecule has 1 aliphatic heterocycles. The van der Waals surface area contributed by atoms with Crippen molar-refractivity contribution >= 4 is 17.7 Å². The molecule has 0 atom stereocenters. The summed E-state index contributed by atoms with van der Waals surface area (Å²) in [5.74, 6) is -2.71. The van der Waals surface area contributed by atoms with Crippen LogP contribution in [0.5, 0.6) is 0 Å². The number of amides is 3. The highest BCUT2D eigenvalue weighted by Gasteiger charge is 2.38. The Bertz CT molecular complexity index is 583. The third-order valence-corrected chi connectivity index (χ3v) is 2.69. The minimum atomic E-state index is -0.785. The molecule has 3 amide bonds. The van der Waals surface area contributed by atoms with Gasteiger partial charge in [0, 0.05) is 6.54 Å². The summed E-state index contributed by atoms with van der Waals surface area (Å²) in [6, 6.07) is 3.81. The van der Waals surface area contributed by atoms with Gasteiger partial charge in [-0.15, -0.1) is 6.58 Å². The quantitative estimate of drug-likeness (QED) is 0.642. The van der Waals surface area contributed by atoms with Gasteiger partial charge in [0.15, 0.2) is 0 Å². The highest BCUT2D eigenvalue weighted by atomic mass is 19.1. The van der Waals surface area contributed by atoms with Gasteiger partial charge in [-0.25, -0.2) is 4.39 Å². The van der Waals surface area contributed by atoms with Crippen LogP contribution in [0, 0.1) is 5.82 Å². The highest BCUT2D eigenvalue weighted by Crippen LogP contribution is 2.24. The van der Waals surface area contributed by atoms with Gasteiger partial charge in [-0.05, 0) is 12.1 Å². The molecule has 5 nitrogen and oxygen atoms in total. The molecule has 2 rings (SSSR count). The zero-order chi connectivity index (χ0) is 14.0. The number of carbonyl (C=O) groups is 3. The topological polar surface area (TPSA) is 66.5 Å². The average Bonchev–Trinajstić information content (AvgIpc) is 2.63. The van der Waals surface area contributed by atoms with Crippen molar-refractivity contribution in [2.24, 2.45) is 0 Å². The predicted octanol–water partition coefficient (Wildman–Crippen LogP) is 0.724. The fourth-order valence-electron chi connectivity index (χ4n) is 1.82. The monoisotopic (exact) mass is 262 g/mol. The molecular formula is C13H11FN2O3. The minimum absolute atomic E-state index is 0.0125. The van der Waals surface area contributed by atoms with E-state index in [1.807, 2.05) is 0 Å². The van der Waals surface area contributed by atoms with E-state index in [9.17, 15) is 18.8 Å². The van der Waals surface area contributed by atoms with Gasteiger partial charge in [-0.3, -0.25) is 19.3 Å². The summed E-state index contributed by atoms with van der Waals surface area (Å²) in [4.78, 5) is 36.0. The molecule has 6 heteroatoms. The SMILES string of the molecule is C=CCNC(=O)CN1C(=O)c2cccc(F)c2C1=O. The zero-order valence-corrected chi connectivity index (χ0v) is 9.98. The van der Waals surface area contributed by atoms with Crippen LogP contribution >= 0.6 is 0 Å². The number of rotatable bonds is 4. The molecule has 0 radical (unpaired) electrons. The number of imide groups is 1. The molecule has 1 aromatic carbocycles. The van der Waals surface area contributed by atoms with E-state index in [4.69, 9.17) is 0 Å². The number of halogens is 1. The average molecular weight is 262 g/mol. The van der Waals surface area contributed by atoms with Crippen LogP contribution in [0.4, 0.5) is 4.39 Å². The van der Waals surface area contributed by atoms with Crippen molar-refractivity contribution in [3.63, 3.8) is 0 Å². The van der Waals surface area contributed by atoms with Gasteiger partial charge in [-0.2, -0.15) is 0 Å². The van der Waals surface area contributed by atoms with Crippen LogP contribution in [0.1, 0.15) is 20.7 Å². The molecule has 0 bridgehead atoms. The Hall–Kier alpha value is -2.50. The number of hydrogen-bond acceptors (Lipinski definition) is 3. The molecule has 0 spiro atoms. The Morgan fingerprint density at radius 2 is 2.11 bits per heavy atom. The normalized spacial score (nSPS) is 13.4. The summed E-state index contributed by atoms with van der Waals surface area (Å²) in [6.45, 7) is 3.23. The van der Waals surface area contributed by atoms with Gasteiger partial charge < -0.3 is 5.32 Å². The highest BCUT2D eigenvalue weighted by molar-refractivity contribution is 6.22. The first kappa shape index (κ1) is 12.9. The largest absolute Gasteiger partial charge is 0.351 e. The van der Waals surface area contributed by atoms with Crippen LogP contribution in [0.2, 0.25) is 0 Å². The van der Waals surface area contributed by atoms with Crippen LogP contribution in [0.15, 0.2) is 30.9 Å². The molecule has 1 N–H and O–H groups in total. The number of nitrogens with zero attached hydrogens (tertiary/aromatic N) is 1. The maximum atomic E-state index is 13.5. The third-order valence-electron chi connectivity index (χ3n) is 2.69. The maximum Gasteiger partial charge on any atom is 0.265 e. The predicted molar refractivity (Wildman–Crippen MR) is 65.0 cm³/mol. The first-order valence-electron chi connectivity index (χ1n) is 5.58. The second-order valence-electron chi connectivity index (χ2n) is 3.95. The second-order valence-corrected chi connectivity index (χ2v) is 3.95. The van der Waals surface area contributed by atoms with Crippen LogP contribution < -0.4 is 5.32 Å². The van der Waals surface area contributed by atoms with E-state index < -0.39 is 30.1 Å². The Morgan fingerprint density at radius 3 is 2.74 bits per heavy atom. The third kappa shape index (κ3) is 2.24. The van der Waals surface area contributed by atoms with E-state index in [-0.39, 0.29) is 17.7 Å². The molecule has 98 valence electrons. The van der Waals surface area contributed by atoms with Gasteiger partial charge >= 0.3 is 0 Å². The number of benzene rings is 1. The molecule has 1 heterocycles. The molecule has 0 saturated carbocycles. The van der Waals surface area contributed by atoms with E-state index in [2.05, 4.69) is 11.9 Å². The molecular weight excluding hydrogens is 251 g/mol. The van der Waals surface area contributed by atoms with Gasteiger partial charge in [-0.1, -0.05) is 12.1 Å². The van der Waals surface area contributed by atoms with E-state index in [1.54, 1.807) is 0 Å². The lowest BCUT2D eigenvalue weighted by atomic mass is 10.1. The summed E-state index contributed by atoms with van der Waals surface area (Å²) >= 11 is 0. The second kappa shape index (κ2) is 5.01.